The third-order valence-corrected chi connectivity index (χ3v) is 5.65. The highest BCUT2D eigenvalue weighted by molar-refractivity contribution is 5.98. The molecule has 1 heterocycles. The third-order valence-electron chi connectivity index (χ3n) is 5.65. The Bertz CT molecular complexity index is 1080. The summed E-state index contributed by atoms with van der Waals surface area (Å²) in [6.45, 7) is 20.6. The maximum Gasteiger partial charge on any atom is 0.414 e. The SMILES string of the molecule is C=NC(=C\C=C(/C)c1ccc(N2CC(CN(C)N=NC)OC2=O)cc1F)/C(C)=N/OC(C)C(C)(C)O.CC.CC. The lowest BCUT2D eigenvalue weighted by molar-refractivity contribution is -0.0773. The minimum absolute atomic E-state index is 0.278. The van der Waals surface area contributed by atoms with Gasteiger partial charge in [-0.05, 0) is 71.2 Å². The fourth-order valence-corrected chi connectivity index (χ4v) is 3.22. The number of aliphatic imine (C=N–C) groups is 1. The van der Waals surface area contributed by atoms with Crippen molar-refractivity contribution >= 4 is 29.8 Å². The van der Waals surface area contributed by atoms with Gasteiger partial charge in [-0.3, -0.25) is 14.9 Å². The van der Waals surface area contributed by atoms with E-state index < -0.39 is 29.7 Å². The Morgan fingerprint density at radius 1 is 1.30 bits per heavy atom. The topological polar surface area (TPSA) is 112 Å². The zero-order valence-electron chi connectivity index (χ0n) is 25.9. The molecule has 1 N–H and O–H groups in total. The van der Waals surface area contributed by atoms with Gasteiger partial charge in [-0.1, -0.05) is 44.1 Å². The van der Waals surface area contributed by atoms with Gasteiger partial charge >= 0.3 is 6.09 Å². The molecule has 1 aromatic rings. The molecular weight excluding hydrogens is 515 g/mol. The van der Waals surface area contributed by atoms with E-state index in [1.54, 1.807) is 78.0 Å². The number of carbonyl (C=O) groups is 1. The molecule has 0 spiro atoms. The second kappa shape index (κ2) is 17.9. The van der Waals surface area contributed by atoms with Gasteiger partial charge in [-0.15, -0.1) is 0 Å². The molecule has 2 atom stereocenters. The van der Waals surface area contributed by atoms with Crippen LogP contribution in [-0.2, 0) is 9.57 Å². The Labute approximate surface area is 238 Å². The summed E-state index contributed by atoms with van der Waals surface area (Å²) in [5, 5.41) is 23.1. The van der Waals surface area contributed by atoms with Crippen molar-refractivity contribution in [2.45, 2.75) is 80.1 Å². The summed E-state index contributed by atoms with van der Waals surface area (Å²) in [7, 11) is 3.28. The molecule has 0 aromatic heterocycles. The van der Waals surface area contributed by atoms with Gasteiger partial charge in [-0.25, -0.2) is 9.18 Å². The van der Waals surface area contributed by atoms with E-state index in [0.29, 0.717) is 34.8 Å². The van der Waals surface area contributed by atoms with Gasteiger partial charge in [0, 0.05) is 12.6 Å². The number of ether oxygens (including phenoxy) is 1. The van der Waals surface area contributed by atoms with E-state index in [1.807, 2.05) is 27.7 Å². The molecule has 0 saturated carbocycles. The van der Waals surface area contributed by atoms with Crippen molar-refractivity contribution in [3.05, 3.63) is 47.4 Å². The number of benzene rings is 1. The Hall–Kier alpha value is -3.60. The van der Waals surface area contributed by atoms with Crippen molar-refractivity contribution in [3.63, 3.8) is 0 Å². The highest BCUT2D eigenvalue weighted by Crippen LogP contribution is 2.27. The summed E-state index contributed by atoms with van der Waals surface area (Å²) >= 11 is 0. The first-order chi connectivity index (χ1) is 18.9. The zero-order chi connectivity index (χ0) is 31.0. The van der Waals surface area contributed by atoms with Crippen molar-refractivity contribution < 1.29 is 23.9 Å². The van der Waals surface area contributed by atoms with Gasteiger partial charge in [0.1, 0.15) is 17.6 Å². The van der Waals surface area contributed by atoms with Gasteiger partial charge in [0.25, 0.3) is 0 Å². The number of likely N-dealkylation sites (N-methyl/N-ethyl adjacent to an activating group) is 1. The van der Waals surface area contributed by atoms with E-state index in [4.69, 9.17) is 9.57 Å². The number of rotatable bonds is 11. The van der Waals surface area contributed by atoms with E-state index in [1.165, 1.54) is 11.0 Å². The van der Waals surface area contributed by atoms with Crippen LogP contribution in [0.3, 0.4) is 0 Å². The minimum Gasteiger partial charge on any atom is -0.442 e. The molecule has 1 fully saturated rings. The van der Waals surface area contributed by atoms with Crippen LogP contribution in [0, 0.1) is 5.82 Å². The number of amides is 1. The number of aliphatic hydroxyl groups is 1. The fraction of sp³-hybridized carbons (Fsp3) is 0.552. The summed E-state index contributed by atoms with van der Waals surface area (Å²) in [4.78, 5) is 23.0. The van der Waals surface area contributed by atoms with E-state index in [0.717, 1.165) is 0 Å². The van der Waals surface area contributed by atoms with Gasteiger partial charge < -0.3 is 14.7 Å². The molecule has 1 aliphatic rings. The lowest BCUT2D eigenvalue weighted by Crippen LogP contribution is -2.34. The summed E-state index contributed by atoms with van der Waals surface area (Å²) in [5.74, 6) is -0.483. The van der Waals surface area contributed by atoms with Crippen molar-refractivity contribution in [2.75, 3.05) is 32.1 Å². The van der Waals surface area contributed by atoms with Crippen molar-refractivity contribution in [3.8, 4) is 0 Å². The van der Waals surface area contributed by atoms with E-state index in [2.05, 4.69) is 27.2 Å². The molecule has 2 unspecified atom stereocenters. The maximum atomic E-state index is 15.0. The Kier molecular flexibility index (Phi) is 16.3. The van der Waals surface area contributed by atoms with Gasteiger partial charge in [0.05, 0.1) is 37.1 Å². The predicted octanol–water partition coefficient (Wildman–Crippen LogP) is 6.67. The van der Waals surface area contributed by atoms with Gasteiger partial charge in [0.2, 0.25) is 0 Å². The number of anilines is 1. The first-order valence-corrected chi connectivity index (χ1v) is 13.4. The van der Waals surface area contributed by atoms with Crippen LogP contribution >= 0.6 is 0 Å². The lowest BCUT2D eigenvalue weighted by atomic mass is 10.0. The van der Waals surface area contributed by atoms with E-state index in [9.17, 15) is 14.3 Å². The van der Waals surface area contributed by atoms with Crippen molar-refractivity contribution in [2.24, 2.45) is 20.5 Å². The molecular formula is C29H47FN6O4. The predicted molar refractivity (Wildman–Crippen MR) is 161 cm³/mol. The largest absolute Gasteiger partial charge is 0.442 e. The Balaban J connectivity index is 0.00000363. The van der Waals surface area contributed by atoms with Crippen LogP contribution < -0.4 is 4.90 Å². The average molecular weight is 563 g/mol. The van der Waals surface area contributed by atoms with Gasteiger partial charge in [0.15, 0.2) is 6.10 Å². The molecule has 1 saturated heterocycles. The number of allylic oxidation sites excluding steroid dienone is 4. The highest BCUT2D eigenvalue weighted by Gasteiger charge is 2.33. The van der Waals surface area contributed by atoms with E-state index >= 15 is 0 Å². The van der Waals surface area contributed by atoms with Gasteiger partial charge in [-0.2, -0.15) is 5.11 Å². The van der Waals surface area contributed by atoms with Crippen molar-refractivity contribution in [1.82, 2.24) is 5.01 Å². The Morgan fingerprint density at radius 3 is 2.45 bits per heavy atom. The summed E-state index contributed by atoms with van der Waals surface area (Å²) < 4.78 is 20.4. The standard InChI is InChI=1S/C25H35FN6O4.2C2H6/c1-16(9-12-23(27-6)17(2)29-36-18(3)25(4,5)34)21-11-10-19(13-22(21)26)32-15-20(35-24(32)33)14-31(8)30-28-7;2*1-2/h9-13,18,20,34H,6,14-15H2,1-5,7-8H3;2*1-2H3/b16-9+,23-12-,29-17+,30-28?;;. The van der Waals surface area contributed by atoms with Crippen LogP contribution in [0.5, 0.6) is 0 Å². The summed E-state index contributed by atoms with van der Waals surface area (Å²) in [6, 6.07) is 4.59. The Morgan fingerprint density at radius 2 is 1.93 bits per heavy atom. The van der Waals surface area contributed by atoms with Crippen LogP contribution in [-0.4, -0.2) is 73.6 Å². The molecule has 0 bridgehead atoms. The second-order valence-corrected chi connectivity index (χ2v) is 9.05. The molecule has 0 radical (unpaired) electrons. The quantitative estimate of drug-likeness (QED) is 0.140. The summed E-state index contributed by atoms with van der Waals surface area (Å²) in [5.41, 5.74) is 1.24. The lowest BCUT2D eigenvalue weighted by Gasteiger charge is -2.23. The molecule has 1 aromatic carbocycles. The molecule has 40 heavy (non-hydrogen) atoms. The number of hydrogen-bond donors (Lipinski definition) is 1. The molecule has 11 heteroatoms. The van der Waals surface area contributed by atoms with E-state index in [-0.39, 0.29) is 6.54 Å². The number of nitrogens with zero attached hydrogens (tertiary/aromatic N) is 6. The monoisotopic (exact) mass is 562 g/mol. The third kappa shape index (κ3) is 11.3. The first-order valence-electron chi connectivity index (χ1n) is 13.4. The minimum atomic E-state index is -1.06. The first kappa shape index (κ1) is 36.4. The molecule has 0 aliphatic carbocycles. The number of carbonyl (C=O) groups excluding carboxylic acids is 1. The van der Waals surface area contributed by atoms with Crippen LogP contribution in [0.4, 0.5) is 14.9 Å². The van der Waals surface area contributed by atoms with Crippen LogP contribution in [0.1, 0.15) is 67.9 Å². The molecule has 1 aliphatic heterocycles. The maximum absolute atomic E-state index is 15.0. The highest BCUT2D eigenvalue weighted by atomic mass is 19.1. The molecule has 1 amide bonds. The number of halogens is 1. The number of cyclic esters (lactones) is 1. The smallest absolute Gasteiger partial charge is 0.414 e. The van der Waals surface area contributed by atoms with Crippen molar-refractivity contribution in [1.29, 1.82) is 0 Å². The summed E-state index contributed by atoms with van der Waals surface area (Å²) in [6.07, 6.45) is 1.86. The van der Waals surface area contributed by atoms with Crippen LogP contribution in [0.2, 0.25) is 0 Å². The fourth-order valence-electron chi connectivity index (χ4n) is 3.22. The van der Waals surface area contributed by atoms with Crippen LogP contribution in [0.15, 0.2) is 56.5 Å². The average Bonchev–Trinajstić information content (AvgIpc) is 3.28. The second-order valence-electron chi connectivity index (χ2n) is 9.05. The normalized spacial score (nSPS) is 16.9. The zero-order valence-corrected chi connectivity index (χ0v) is 25.9. The van der Waals surface area contributed by atoms with Crippen LogP contribution in [0.25, 0.3) is 5.57 Å². The molecule has 224 valence electrons. The molecule has 10 nitrogen and oxygen atoms in total. The molecule has 2 rings (SSSR count). The number of oxime groups is 1. The number of hydrogen-bond acceptors (Lipinski definition) is 8.